The van der Waals surface area contributed by atoms with E-state index in [1.165, 1.54) is 6.92 Å². The van der Waals surface area contributed by atoms with E-state index in [1.54, 1.807) is 18.2 Å². The van der Waals surface area contributed by atoms with Crippen LogP contribution in [0, 0.1) is 0 Å². The van der Waals surface area contributed by atoms with Crippen LogP contribution in [0.4, 0.5) is 11.4 Å². The first-order valence-electron chi connectivity index (χ1n) is 6.60. The second kappa shape index (κ2) is 5.66. The Morgan fingerprint density at radius 1 is 1.10 bits per heavy atom. The topological polar surface area (TPSA) is 47.6 Å². The standard InChI is InChI=1S/C16H14ClNO3/c1-10(19)11-2-4-13(17)14(8-11)18-12-3-5-15-16(9-12)21-7-6-20-15/h2-5,8-9,18H,6-7H2,1H3. The molecule has 3 rings (SSSR count). The first kappa shape index (κ1) is 13.8. The van der Waals surface area contributed by atoms with Gasteiger partial charge in [-0.15, -0.1) is 0 Å². The van der Waals surface area contributed by atoms with E-state index in [-0.39, 0.29) is 5.78 Å². The maximum absolute atomic E-state index is 11.4. The minimum atomic E-state index is -0.00288. The van der Waals surface area contributed by atoms with Gasteiger partial charge in [0.2, 0.25) is 0 Å². The molecule has 1 heterocycles. The quantitative estimate of drug-likeness (QED) is 0.869. The van der Waals surface area contributed by atoms with E-state index >= 15 is 0 Å². The third kappa shape index (κ3) is 2.95. The molecule has 4 nitrogen and oxygen atoms in total. The lowest BCUT2D eigenvalue weighted by Crippen LogP contribution is -2.15. The van der Waals surface area contributed by atoms with E-state index in [4.69, 9.17) is 21.1 Å². The van der Waals surface area contributed by atoms with Gasteiger partial charge in [0.05, 0.1) is 10.7 Å². The summed E-state index contributed by atoms with van der Waals surface area (Å²) in [5, 5.41) is 3.75. The van der Waals surface area contributed by atoms with Crippen molar-refractivity contribution in [3.05, 3.63) is 47.0 Å². The average molecular weight is 304 g/mol. The van der Waals surface area contributed by atoms with Crippen molar-refractivity contribution in [2.24, 2.45) is 0 Å². The molecule has 1 N–H and O–H groups in total. The largest absolute Gasteiger partial charge is 0.486 e. The number of ether oxygens (including phenoxy) is 2. The molecule has 0 atom stereocenters. The van der Waals surface area contributed by atoms with Crippen molar-refractivity contribution in [3.63, 3.8) is 0 Å². The van der Waals surface area contributed by atoms with Crippen molar-refractivity contribution in [2.75, 3.05) is 18.5 Å². The van der Waals surface area contributed by atoms with Crippen molar-refractivity contribution in [2.45, 2.75) is 6.92 Å². The molecular weight excluding hydrogens is 290 g/mol. The Balaban J connectivity index is 1.89. The molecule has 0 aromatic heterocycles. The molecular formula is C16H14ClNO3. The Bertz CT molecular complexity index is 700. The molecule has 1 aliphatic rings. The van der Waals surface area contributed by atoms with E-state index in [9.17, 15) is 4.79 Å². The van der Waals surface area contributed by atoms with Crippen LogP contribution in [0.2, 0.25) is 5.02 Å². The summed E-state index contributed by atoms with van der Waals surface area (Å²) in [6, 6.07) is 10.7. The van der Waals surface area contributed by atoms with Crippen molar-refractivity contribution in [3.8, 4) is 11.5 Å². The van der Waals surface area contributed by atoms with Crippen LogP contribution < -0.4 is 14.8 Å². The summed E-state index contributed by atoms with van der Waals surface area (Å²) >= 11 is 6.16. The van der Waals surface area contributed by atoms with Gasteiger partial charge in [0, 0.05) is 17.3 Å². The Kier molecular flexibility index (Phi) is 3.71. The number of halogens is 1. The van der Waals surface area contributed by atoms with Crippen molar-refractivity contribution in [1.82, 2.24) is 0 Å². The van der Waals surface area contributed by atoms with Gasteiger partial charge in [-0.3, -0.25) is 4.79 Å². The number of carbonyl (C=O) groups excluding carboxylic acids is 1. The highest BCUT2D eigenvalue weighted by Crippen LogP contribution is 2.35. The predicted octanol–water partition coefficient (Wildman–Crippen LogP) is 4.06. The van der Waals surface area contributed by atoms with Gasteiger partial charge in [0.25, 0.3) is 0 Å². The normalized spacial score (nSPS) is 12.9. The van der Waals surface area contributed by atoms with Gasteiger partial charge in [-0.1, -0.05) is 11.6 Å². The molecule has 0 aliphatic carbocycles. The van der Waals surface area contributed by atoms with Crippen LogP contribution in [0.1, 0.15) is 17.3 Å². The van der Waals surface area contributed by atoms with Crippen LogP contribution in [-0.4, -0.2) is 19.0 Å². The molecule has 0 spiro atoms. The van der Waals surface area contributed by atoms with Gasteiger partial charge in [-0.05, 0) is 37.3 Å². The molecule has 1 aliphatic heterocycles. The summed E-state index contributed by atoms with van der Waals surface area (Å²) in [5.41, 5.74) is 2.11. The predicted molar refractivity (Wildman–Crippen MR) is 82.2 cm³/mol. The number of rotatable bonds is 3. The first-order valence-corrected chi connectivity index (χ1v) is 6.98. The average Bonchev–Trinajstić information content (AvgIpc) is 2.49. The third-order valence-electron chi connectivity index (χ3n) is 3.19. The molecule has 0 radical (unpaired) electrons. The molecule has 108 valence electrons. The number of carbonyl (C=O) groups is 1. The number of ketones is 1. The van der Waals surface area contributed by atoms with Crippen molar-refractivity contribution >= 4 is 28.8 Å². The van der Waals surface area contributed by atoms with E-state index in [0.717, 1.165) is 11.4 Å². The van der Waals surface area contributed by atoms with Crippen molar-refractivity contribution < 1.29 is 14.3 Å². The SMILES string of the molecule is CC(=O)c1ccc(Cl)c(Nc2ccc3c(c2)OCCO3)c1. The van der Waals surface area contributed by atoms with Crippen molar-refractivity contribution in [1.29, 1.82) is 0 Å². The number of nitrogens with one attached hydrogen (secondary N) is 1. The summed E-state index contributed by atoms with van der Waals surface area (Å²) in [7, 11) is 0. The van der Waals surface area contributed by atoms with Gasteiger partial charge >= 0.3 is 0 Å². The van der Waals surface area contributed by atoms with E-state index < -0.39 is 0 Å². The summed E-state index contributed by atoms with van der Waals surface area (Å²) in [6.07, 6.45) is 0. The second-order valence-corrected chi connectivity index (χ2v) is 5.14. The molecule has 0 fully saturated rings. The zero-order valence-corrected chi connectivity index (χ0v) is 12.2. The number of fused-ring (bicyclic) bond motifs is 1. The molecule has 0 saturated carbocycles. The summed E-state index contributed by atoms with van der Waals surface area (Å²) < 4.78 is 11.0. The number of hydrogen-bond acceptors (Lipinski definition) is 4. The van der Waals surface area contributed by atoms with Crippen LogP contribution in [0.15, 0.2) is 36.4 Å². The number of anilines is 2. The van der Waals surface area contributed by atoms with E-state index in [0.29, 0.717) is 35.2 Å². The zero-order valence-electron chi connectivity index (χ0n) is 11.5. The molecule has 0 saturated heterocycles. The van der Waals surface area contributed by atoms with Crippen LogP contribution >= 0.6 is 11.6 Å². The van der Waals surface area contributed by atoms with Gasteiger partial charge in [-0.2, -0.15) is 0 Å². The fourth-order valence-electron chi connectivity index (χ4n) is 2.12. The molecule has 5 heteroatoms. The summed E-state index contributed by atoms with van der Waals surface area (Å²) in [6.45, 7) is 2.63. The zero-order chi connectivity index (χ0) is 14.8. The van der Waals surface area contributed by atoms with E-state index in [2.05, 4.69) is 5.32 Å². The molecule has 2 aromatic carbocycles. The number of benzene rings is 2. The molecule has 0 amide bonds. The minimum Gasteiger partial charge on any atom is -0.486 e. The van der Waals surface area contributed by atoms with Crippen LogP contribution in [0.25, 0.3) is 0 Å². The lowest BCUT2D eigenvalue weighted by atomic mass is 10.1. The molecule has 2 aromatic rings. The third-order valence-corrected chi connectivity index (χ3v) is 3.52. The summed E-state index contributed by atoms with van der Waals surface area (Å²) in [4.78, 5) is 11.4. The Hall–Kier alpha value is -2.20. The fraction of sp³-hybridized carbons (Fsp3) is 0.188. The molecule has 0 bridgehead atoms. The lowest BCUT2D eigenvalue weighted by molar-refractivity contribution is 0.101. The van der Waals surface area contributed by atoms with E-state index in [1.807, 2.05) is 18.2 Å². The smallest absolute Gasteiger partial charge is 0.163 e. The highest BCUT2D eigenvalue weighted by Gasteiger charge is 2.12. The highest BCUT2D eigenvalue weighted by molar-refractivity contribution is 6.33. The lowest BCUT2D eigenvalue weighted by Gasteiger charge is -2.19. The van der Waals surface area contributed by atoms with Crippen LogP contribution in [-0.2, 0) is 0 Å². The molecule has 21 heavy (non-hydrogen) atoms. The number of hydrogen-bond donors (Lipinski definition) is 1. The molecule has 0 unspecified atom stereocenters. The summed E-state index contributed by atoms with van der Waals surface area (Å²) in [5.74, 6) is 1.43. The van der Waals surface area contributed by atoms with Gasteiger partial charge in [-0.25, -0.2) is 0 Å². The Morgan fingerprint density at radius 2 is 1.86 bits per heavy atom. The maximum Gasteiger partial charge on any atom is 0.163 e. The maximum atomic E-state index is 11.4. The monoisotopic (exact) mass is 303 g/mol. The van der Waals surface area contributed by atoms with Crippen LogP contribution in [0.5, 0.6) is 11.5 Å². The second-order valence-electron chi connectivity index (χ2n) is 4.73. The fourth-order valence-corrected chi connectivity index (χ4v) is 2.28. The highest BCUT2D eigenvalue weighted by atomic mass is 35.5. The van der Waals surface area contributed by atoms with Gasteiger partial charge in [0.1, 0.15) is 13.2 Å². The van der Waals surface area contributed by atoms with Crippen LogP contribution in [0.3, 0.4) is 0 Å². The Labute approximate surface area is 127 Å². The Morgan fingerprint density at radius 3 is 2.62 bits per heavy atom. The number of Topliss-reactive ketones (excluding diaryl/α,β-unsaturated/α-hetero) is 1. The van der Waals surface area contributed by atoms with Gasteiger partial charge in [0.15, 0.2) is 17.3 Å². The first-order chi connectivity index (χ1) is 10.1. The van der Waals surface area contributed by atoms with Gasteiger partial charge < -0.3 is 14.8 Å². The minimum absolute atomic E-state index is 0.00288.